The van der Waals surface area contributed by atoms with Crippen molar-refractivity contribution >= 4 is 33.2 Å². The number of nitro groups is 1. The van der Waals surface area contributed by atoms with Gasteiger partial charge in [0.05, 0.1) is 23.3 Å². The third-order valence-corrected chi connectivity index (χ3v) is 2.50. The lowest BCUT2D eigenvalue weighted by molar-refractivity contribution is -0.385. The van der Waals surface area contributed by atoms with Crippen LogP contribution in [0.2, 0.25) is 5.15 Å². The molecule has 0 atom stereocenters. The van der Waals surface area contributed by atoms with E-state index in [0.717, 1.165) is 10.5 Å². The number of aromatic nitrogens is 2. The Hall–Kier alpha value is -1.73. The summed E-state index contributed by atoms with van der Waals surface area (Å²) < 4.78 is 6.06. The Kier molecular flexibility index (Phi) is 3.73. The van der Waals surface area contributed by atoms with Gasteiger partial charge in [-0.15, -0.1) is 0 Å². The van der Waals surface area contributed by atoms with Crippen molar-refractivity contribution < 1.29 is 9.66 Å². The maximum absolute atomic E-state index is 10.7. The van der Waals surface area contributed by atoms with Crippen LogP contribution in [0.25, 0.3) is 0 Å². The summed E-state index contributed by atoms with van der Waals surface area (Å²) in [5, 5.41) is 10.6. The SMILES string of the molecule is O=[N+]([O-])c1cc(Cl)nc(Oc2cncc(Br)c2)c1. The topological polar surface area (TPSA) is 78.2 Å². The summed E-state index contributed by atoms with van der Waals surface area (Å²) in [5.74, 6) is 0.433. The van der Waals surface area contributed by atoms with Crippen LogP contribution in [0, 0.1) is 10.1 Å². The second-order valence-corrected chi connectivity index (χ2v) is 4.49. The molecular weight excluding hydrogens is 325 g/mol. The van der Waals surface area contributed by atoms with Crippen LogP contribution >= 0.6 is 27.5 Å². The highest BCUT2D eigenvalue weighted by Crippen LogP contribution is 2.26. The van der Waals surface area contributed by atoms with E-state index in [-0.39, 0.29) is 16.7 Å². The third kappa shape index (κ3) is 3.14. The quantitative estimate of drug-likeness (QED) is 0.488. The van der Waals surface area contributed by atoms with Gasteiger partial charge in [-0.1, -0.05) is 11.6 Å². The summed E-state index contributed by atoms with van der Waals surface area (Å²) >= 11 is 8.90. The minimum atomic E-state index is -0.570. The molecule has 0 spiro atoms. The predicted octanol–water partition coefficient (Wildman–Crippen LogP) is 3.59. The first kappa shape index (κ1) is 12.7. The smallest absolute Gasteiger partial charge is 0.277 e. The van der Waals surface area contributed by atoms with Gasteiger partial charge in [-0.05, 0) is 22.0 Å². The molecule has 2 aromatic heterocycles. The fourth-order valence-electron chi connectivity index (χ4n) is 1.19. The van der Waals surface area contributed by atoms with Crippen molar-refractivity contribution in [2.45, 2.75) is 0 Å². The minimum Gasteiger partial charge on any atom is -0.437 e. The van der Waals surface area contributed by atoms with Gasteiger partial charge >= 0.3 is 0 Å². The Bertz CT molecular complexity index is 609. The van der Waals surface area contributed by atoms with Gasteiger partial charge in [0.2, 0.25) is 5.88 Å². The van der Waals surface area contributed by atoms with Crippen LogP contribution in [0.5, 0.6) is 11.6 Å². The molecule has 0 unspecified atom stereocenters. The standard InChI is InChI=1S/C10H5BrClN3O3/c11-6-1-8(5-13-4-6)18-10-3-7(15(16)17)2-9(12)14-10/h1-5H. The highest BCUT2D eigenvalue weighted by molar-refractivity contribution is 9.10. The lowest BCUT2D eigenvalue weighted by atomic mass is 10.4. The van der Waals surface area contributed by atoms with Crippen LogP contribution in [0.3, 0.4) is 0 Å². The van der Waals surface area contributed by atoms with E-state index in [4.69, 9.17) is 16.3 Å². The fourth-order valence-corrected chi connectivity index (χ4v) is 1.73. The summed E-state index contributed by atoms with van der Waals surface area (Å²) in [7, 11) is 0. The zero-order chi connectivity index (χ0) is 13.1. The average Bonchev–Trinajstić information content (AvgIpc) is 2.28. The molecule has 0 N–H and O–H groups in total. The van der Waals surface area contributed by atoms with Crippen molar-refractivity contribution in [1.82, 2.24) is 9.97 Å². The first-order valence-corrected chi connectivity index (χ1v) is 5.82. The molecule has 0 saturated heterocycles. The molecule has 2 aromatic rings. The lowest BCUT2D eigenvalue weighted by Gasteiger charge is -2.04. The summed E-state index contributed by atoms with van der Waals surface area (Å²) in [4.78, 5) is 17.8. The van der Waals surface area contributed by atoms with Gasteiger partial charge in [0.1, 0.15) is 10.9 Å². The van der Waals surface area contributed by atoms with Gasteiger partial charge in [-0.3, -0.25) is 15.1 Å². The molecular formula is C10H5BrClN3O3. The van der Waals surface area contributed by atoms with Crippen LogP contribution < -0.4 is 4.74 Å². The maximum atomic E-state index is 10.7. The molecule has 92 valence electrons. The highest BCUT2D eigenvalue weighted by Gasteiger charge is 2.11. The molecule has 0 radical (unpaired) electrons. The first-order valence-electron chi connectivity index (χ1n) is 4.65. The largest absolute Gasteiger partial charge is 0.437 e. The van der Waals surface area contributed by atoms with Gasteiger partial charge in [-0.25, -0.2) is 4.98 Å². The molecule has 8 heteroatoms. The Morgan fingerprint density at radius 1 is 1.33 bits per heavy atom. The number of pyridine rings is 2. The van der Waals surface area contributed by atoms with Crippen LogP contribution in [0.4, 0.5) is 5.69 Å². The number of halogens is 2. The first-order chi connectivity index (χ1) is 8.54. The average molecular weight is 331 g/mol. The molecule has 2 rings (SSSR count). The van der Waals surface area contributed by atoms with E-state index in [9.17, 15) is 10.1 Å². The third-order valence-electron chi connectivity index (χ3n) is 1.87. The number of rotatable bonds is 3. The Labute approximate surface area is 115 Å². The van der Waals surface area contributed by atoms with Crippen molar-refractivity contribution in [2.24, 2.45) is 0 Å². The van der Waals surface area contributed by atoms with Crippen molar-refractivity contribution in [1.29, 1.82) is 0 Å². The molecule has 0 aliphatic carbocycles. The molecule has 0 aliphatic rings. The maximum Gasteiger partial charge on any atom is 0.277 e. The van der Waals surface area contributed by atoms with Gasteiger partial charge in [-0.2, -0.15) is 0 Å². The molecule has 0 saturated carbocycles. The van der Waals surface area contributed by atoms with Gasteiger partial charge < -0.3 is 4.74 Å². The number of hydrogen-bond acceptors (Lipinski definition) is 5. The summed E-state index contributed by atoms with van der Waals surface area (Å²) in [5.41, 5.74) is -0.187. The fraction of sp³-hybridized carbons (Fsp3) is 0. The van der Waals surface area contributed by atoms with Crippen molar-refractivity contribution in [3.05, 3.63) is 50.3 Å². The monoisotopic (exact) mass is 329 g/mol. The van der Waals surface area contributed by atoms with E-state index >= 15 is 0 Å². The second-order valence-electron chi connectivity index (χ2n) is 3.18. The lowest BCUT2D eigenvalue weighted by Crippen LogP contribution is -1.93. The van der Waals surface area contributed by atoms with E-state index < -0.39 is 4.92 Å². The summed E-state index contributed by atoms with van der Waals surface area (Å²) in [6, 6.07) is 3.99. The molecule has 0 aromatic carbocycles. The molecule has 18 heavy (non-hydrogen) atoms. The molecule has 0 bridgehead atoms. The molecule has 2 heterocycles. The Morgan fingerprint density at radius 2 is 2.11 bits per heavy atom. The van der Waals surface area contributed by atoms with E-state index in [0.29, 0.717) is 5.75 Å². The Balaban J connectivity index is 2.31. The van der Waals surface area contributed by atoms with Crippen LogP contribution in [-0.2, 0) is 0 Å². The van der Waals surface area contributed by atoms with Crippen molar-refractivity contribution in [2.75, 3.05) is 0 Å². The number of hydrogen-bond donors (Lipinski definition) is 0. The van der Waals surface area contributed by atoms with Gasteiger partial charge in [0.15, 0.2) is 0 Å². The van der Waals surface area contributed by atoms with Crippen molar-refractivity contribution in [3.63, 3.8) is 0 Å². The normalized spacial score (nSPS) is 10.1. The summed E-state index contributed by atoms with van der Waals surface area (Å²) in [6.07, 6.45) is 3.04. The summed E-state index contributed by atoms with van der Waals surface area (Å²) in [6.45, 7) is 0. The van der Waals surface area contributed by atoms with Crippen LogP contribution in [0.15, 0.2) is 35.1 Å². The molecule has 0 amide bonds. The minimum absolute atomic E-state index is 0.0119. The molecule has 0 aliphatic heterocycles. The Morgan fingerprint density at radius 3 is 2.78 bits per heavy atom. The number of nitrogens with zero attached hydrogens (tertiary/aromatic N) is 3. The van der Waals surface area contributed by atoms with E-state index in [2.05, 4.69) is 25.9 Å². The molecule has 6 nitrogen and oxygen atoms in total. The zero-order valence-electron chi connectivity index (χ0n) is 8.71. The van der Waals surface area contributed by atoms with Crippen LogP contribution in [0.1, 0.15) is 0 Å². The van der Waals surface area contributed by atoms with Crippen molar-refractivity contribution in [3.8, 4) is 11.6 Å². The highest BCUT2D eigenvalue weighted by atomic mass is 79.9. The molecule has 0 fully saturated rings. The van der Waals surface area contributed by atoms with E-state index in [1.54, 1.807) is 12.3 Å². The predicted molar refractivity (Wildman–Crippen MR) is 67.9 cm³/mol. The van der Waals surface area contributed by atoms with E-state index in [1.165, 1.54) is 12.3 Å². The second kappa shape index (κ2) is 5.28. The number of ether oxygens (including phenoxy) is 1. The zero-order valence-corrected chi connectivity index (χ0v) is 11.1. The van der Waals surface area contributed by atoms with Crippen LogP contribution in [-0.4, -0.2) is 14.9 Å². The van der Waals surface area contributed by atoms with Gasteiger partial charge in [0, 0.05) is 10.7 Å². The van der Waals surface area contributed by atoms with E-state index in [1.807, 2.05) is 0 Å². The van der Waals surface area contributed by atoms with Gasteiger partial charge in [0.25, 0.3) is 5.69 Å².